The van der Waals surface area contributed by atoms with Crippen molar-refractivity contribution in [3.05, 3.63) is 0 Å². The van der Waals surface area contributed by atoms with Gasteiger partial charge < -0.3 is 14.2 Å². The zero-order valence-electron chi connectivity index (χ0n) is 13.2. The summed E-state index contributed by atoms with van der Waals surface area (Å²) in [5.74, 6) is -0.934. The third-order valence-corrected chi connectivity index (χ3v) is 3.79. The number of hydrogen-bond donors (Lipinski definition) is 0. The molecule has 0 aliphatic rings. The summed E-state index contributed by atoms with van der Waals surface area (Å²) in [5.41, 5.74) is -0.157. The molecule has 3 nitrogen and oxygen atoms in total. The van der Waals surface area contributed by atoms with Crippen molar-refractivity contribution in [1.29, 1.82) is 0 Å². The van der Waals surface area contributed by atoms with E-state index in [1.165, 1.54) is 38.5 Å². The highest BCUT2D eigenvalue weighted by Crippen LogP contribution is 2.39. The zero-order valence-corrected chi connectivity index (χ0v) is 13.2. The van der Waals surface area contributed by atoms with Gasteiger partial charge in [0.05, 0.1) is 0 Å². The highest BCUT2D eigenvalue weighted by molar-refractivity contribution is 4.79. The SMILES string of the molecule is CCCCCCCCC(C)(C)C(OC)(OC)OC. The van der Waals surface area contributed by atoms with E-state index in [9.17, 15) is 0 Å². The van der Waals surface area contributed by atoms with Crippen molar-refractivity contribution in [2.75, 3.05) is 21.3 Å². The average molecular weight is 260 g/mol. The summed E-state index contributed by atoms with van der Waals surface area (Å²) in [7, 11) is 4.90. The lowest BCUT2D eigenvalue weighted by Gasteiger charge is -2.42. The number of hydrogen-bond acceptors (Lipinski definition) is 3. The van der Waals surface area contributed by atoms with Crippen molar-refractivity contribution in [1.82, 2.24) is 0 Å². The van der Waals surface area contributed by atoms with E-state index in [1.54, 1.807) is 21.3 Å². The first-order valence-corrected chi connectivity index (χ1v) is 7.15. The first-order valence-electron chi connectivity index (χ1n) is 7.15. The molecule has 0 N–H and O–H groups in total. The van der Waals surface area contributed by atoms with E-state index in [2.05, 4.69) is 20.8 Å². The van der Waals surface area contributed by atoms with Gasteiger partial charge >= 0.3 is 0 Å². The molecule has 0 radical (unpaired) electrons. The van der Waals surface area contributed by atoms with Crippen molar-refractivity contribution >= 4 is 0 Å². The van der Waals surface area contributed by atoms with Gasteiger partial charge in [0.25, 0.3) is 5.97 Å². The largest absolute Gasteiger partial charge is 0.330 e. The van der Waals surface area contributed by atoms with Crippen LogP contribution in [0.5, 0.6) is 0 Å². The van der Waals surface area contributed by atoms with Crippen molar-refractivity contribution < 1.29 is 14.2 Å². The number of rotatable bonds is 11. The van der Waals surface area contributed by atoms with Crippen LogP contribution in [0.2, 0.25) is 0 Å². The molecule has 0 unspecified atom stereocenters. The normalized spacial score (nSPS) is 13.0. The minimum absolute atomic E-state index is 0.157. The Morgan fingerprint density at radius 3 is 1.61 bits per heavy atom. The van der Waals surface area contributed by atoms with Crippen LogP contribution in [0.1, 0.15) is 65.7 Å². The quantitative estimate of drug-likeness (QED) is 0.408. The summed E-state index contributed by atoms with van der Waals surface area (Å²) >= 11 is 0. The molecule has 0 heterocycles. The van der Waals surface area contributed by atoms with Crippen LogP contribution in [0.3, 0.4) is 0 Å². The molecule has 0 atom stereocenters. The second-order valence-corrected chi connectivity index (χ2v) is 5.57. The van der Waals surface area contributed by atoms with Crippen molar-refractivity contribution in [2.45, 2.75) is 71.7 Å². The molecule has 0 bridgehead atoms. The van der Waals surface area contributed by atoms with Gasteiger partial charge in [-0.15, -0.1) is 0 Å². The Morgan fingerprint density at radius 2 is 1.17 bits per heavy atom. The Kier molecular flexibility index (Phi) is 8.83. The third-order valence-electron chi connectivity index (χ3n) is 3.79. The standard InChI is InChI=1S/C15H32O3/c1-7-8-9-10-11-12-13-14(2,3)15(16-4,17-5)18-6/h7-13H2,1-6H3. The second-order valence-electron chi connectivity index (χ2n) is 5.57. The van der Waals surface area contributed by atoms with Crippen LogP contribution < -0.4 is 0 Å². The summed E-state index contributed by atoms with van der Waals surface area (Å²) in [6.07, 6.45) is 8.82. The molecule has 18 heavy (non-hydrogen) atoms. The maximum absolute atomic E-state index is 5.45. The summed E-state index contributed by atoms with van der Waals surface area (Å²) < 4.78 is 16.4. The van der Waals surface area contributed by atoms with E-state index in [0.717, 1.165) is 6.42 Å². The smallest absolute Gasteiger partial charge is 0.287 e. The molecule has 0 aromatic carbocycles. The maximum Gasteiger partial charge on any atom is 0.287 e. The molecule has 0 fully saturated rings. The van der Waals surface area contributed by atoms with Gasteiger partial charge in [-0.25, -0.2) is 0 Å². The molecule has 0 aliphatic carbocycles. The molecule has 0 rings (SSSR count). The molecular formula is C15H32O3. The predicted octanol–water partition coefficient (Wildman–Crippen LogP) is 4.36. The summed E-state index contributed by atoms with van der Waals surface area (Å²) in [6, 6.07) is 0. The van der Waals surface area contributed by atoms with Crippen LogP contribution in [0.15, 0.2) is 0 Å². The number of ether oxygens (including phenoxy) is 3. The topological polar surface area (TPSA) is 27.7 Å². The Labute approximate surface area is 113 Å². The van der Waals surface area contributed by atoms with E-state index in [0.29, 0.717) is 0 Å². The molecular weight excluding hydrogens is 228 g/mol. The third kappa shape index (κ3) is 4.87. The summed E-state index contributed by atoms with van der Waals surface area (Å²) in [4.78, 5) is 0. The van der Waals surface area contributed by atoms with Gasteiger partial charge in [-0.1, -0.05) is 59.3 Å². The molecule has 0 saturated heterocycles. The van der Waals surface area contributed by atoms with Crippen LogP contribution in [0.4, 0.5) is 0 Å². The molecule has 0 saturated carbocycles. The molecule has 3 heteroatoms. The van der Waals surface area contributed by atoms with Crippen LogP contribution in [-0.2, 0) is 14.2 Å². The summed E-state index contributed by atoms with van der Waals surface area (Å²) in [6.45, 7) is 6.51. The van der Waals surface area contributed by atoms with Crippen molar-refractivity contribution in [3.63, 3.8) is 0 Å². The number of methoxy groups -OCH3 is 3. The Bertz CT molecular complexity index is 190. The monoisotopic (exact) mass is 260 g/mol. The van der Waals surface area contributed by atoms with Gasteiger partial charge in [-0.2, -0.15) is 0 Å². The highest BCUT2D eigenvalue weighted by atomic mass is 16.9. The van der Waals surface area contributed by atoms with Gasteiger partial charge in [0.15, 0.2) is 0 Å². The van der Waals surface area contributed by atoms with Crippen LogP contribution in [0.25, 0.3) is 0 Å². The van der Waals surface area contributed by atoms with Gasteiger partial charge in [0.1, 0.15) is 0 Å². The van der Waals surface area contributed by atoms with Crippen molar-refractivity contribution in [3.8, 4) is 0 Å². The fourth-order valence-electron chi connectivity index (χ4n) is 2.58. The van der Waals surface area contributed by atoms with E-state index in [1.807, 2.05) is 0 Å². The van der Waals surface area contributed by atoms with E-state index in [-0.39, 0.29) is 5.41 Å². The van der Waals surface area contributed by atoms with Crippen LogP contribution in [-0.4, -0.2) is 27.3 Å². The van der Waals surface area contributed by atoms with Gasteiger partial charge in [-0.3, -0.25) is 0 Å². The molecule has 0 amide bonds. The first kappa shape index (κ1) is 17.9. The molecule has 0 spiro atoms. The minimum atomic E-state index is -0.934. The number of unbranched alkanes of at least 4 members (excludes halogenated alkanes) is 5. The lowest BCUT2D eigenvalue weighted by atomic mass is 9.83. The lowest BCUT2D eigenvalue weighted by molar-refractivity contribution is -0.402. The molecule has 0 aliphatic heterocycles. The van der Waals surface area contributed by atoms with Gasteiger partial charge in [-0.05, 0) is 6.42 Å². The molecule has 0 aromatic heterocycles. The Hall–Kier alpha value is -0.120. The summed E-state index contributed by atoms with van der Waals surface area (Å²) in [5, 5.41) is 0. The van der Waals surface area contributed by atoms with E-state index in [4.69, 9.17) is 14.2 Å². The maximum atomic E-state index is 5.45. The van der Waals surface area contributed by atoms with E-state index >= 15 is 0 Å². The predicted molar refractivity (Wildman–Crippen MR) is 75.5 cm³/mol. The average Bonchev–Trinajstić information content (AvgIpc) is 2.36. The fraction of sp³-hybridized carbons (Fsp3) is 1.00. The molecule has 0 aromatic rings. The van der Waals surface area contributed by atoms with Crippen LogP contribution >= 0.6 is 0 Å². The Balaban J connectivity index is 4.12. The van der Waals surface area contributed by atoms with Crippen molar-refractivity contribution in [2.24, 2.45) is 5.41 Å². The first-order chi connectivity index (χ1) is 8.49. The minimum Gasteiger partial charge on any atom is -0.330 e. The lowest BCUT2D eigenvalue weighted by Crippen LogP contribution is -2.49. The van der Waals surface area contributed by atoms with E-state index < -0.39 is 5.97 Å². The highest BCUT2D eigenvalue weighted by Gasteiger charge is 2.46. The van der Waals surface area contributed by atoms with Crippen LogP contribution in [0, 0.1) is 5.41 Å². The molecule has 110 valence electrons. The fourth-order valence-corrected chi connectivity index (χ4v) is 2.58. The second kappa shape index (κ2) is 8.89. The van der Waals surface area contributed by atoms with Gasteiger partial charge in [0.2, 0.25) is 0 Å². The Morgan fingerprint density at radius 1 is 0.722 bits per heavy atom. The zero-order chi connectivity index (χ0) is 14.1. The van der Waals surface area contributed by atoms with Gasteiger partial charge in [0, 0.05) is 26.7 Å².